The topological polar surface area (TPSA) is 86.5 Å². The molecule has 3 aromatic rings. The van der Waals surface area contributed by atoms with Gasteiger partial charge in [0, 0.05) is 17.2 Å². The molecule has 0 saturated heterocycles. The number of carbonyl (C=O) groups excluding carboxylic acids is 1. The molecule has 29 heavy (non-hydrogen) atoms. The zero-order valence-electron chi connectivity index (χ0n) is 17.1. The van der Waals surface area contributed by atoms with Crippen LogP contribution < -0.4 is 14.8 Å². The molecule has 2 aromatic carbocycles. The number of nitrogens with zero attached hydrogens (tertiary/aromatic N) is 2. The summed E-state index contributed by atoms with van der Waals surface area (Å²) in [5.41, 5.74) is 2.75. The van der Waals surface area contributed by atoms with Crippen molar-refractivity contribution in [2.75, 3.05) is 13.2 Å². The highest BCUT2D eigenvalue weighted by molar-refractivity contribution is 5.78. The van der Waals surface area contributed by atoms with E-state index < -0.39 is 0 Å². The van der Waals surface area contributed by atoms with Gasteiger partial charge in [0.25, 0.3) is 11.8 Å². The van der Waals surface area contributed by atoms with Gasteiger partial charge in [0.1, 0.15) is 0 Å². The molecule has 0 atom stereocenters. The molecule has 0 aliphatic heterocycles. The Hall–Kier alpha value is -3.35. The zero-order chi connectivity index (χ0) is 20.8. The van der Waals surface area contributed by atoms with E-state index in [-0.39, 0.29) is 18.6 Å². The second-order valence-electron chi connectivity index (χ2n) is 6.89. The maximum Gasteiger partial charge on any atom is 0.258 e. The lowest BCUT2D eigenvalue weighted by molar-refractivity contribution is -0.123. The first-order chi connectivity index (χ1) is 14.0. The lowest BCUT2D eigenvalue weighted by atomic mass is 10.1. The van der Waals surface area contributed by atoms with Crippen LogP contribution in [-0.2, 0) is 4.79 Å². The summed E-state index contributed by atoms with van der Waals surface area (Å²) in [6.45, 7) is 8.07. The summed E-state index contributed by atoms with van der Waals surface area (Å²) < 4.78 is 16.7. The molecule has 152 valence electrons. The highest BCUT2D eigenvalue weighted by atomic mass is 16.5. The molecule has 0 bridgehead atoms. The van der Waals surface area contributed by atoms with Crippen molar-refractivity contribution >= 4 is 5.91 Å². The lowest BCUT2D eigenvalue weighted by Gasteiger charge is -2.13. The standard InChI is InChI=1S/C22H25N3O4/c1-5-27-19-12-17(10-11-18(19)28-13-20(26)23-14(2)3)21-24-22(29-25-21)16-8-6-15(4)7-9-16/h6-12,14H,5,13H2,1-4H3,(H,23,26). The van der Waals surface area contributed by atoms with Gasteiger partial charge in [0.15, 0.2) is 18.1 Å². The number of benzene rings is 2. The van der Waals surface area contributed by atoms with Crippen LogP contribution in [0.1, 0.15) is 26.3 Å². The van der Waals surface area contributed by atoms with Gasteiger partial charge in [0.2, 0.25) is 5.82 Å². The quantitative estimate of drug-likeness (QED) is 0.620. The minimum Gasteiger partial charge on any atom is -0.490 e. The monoisotopic (exact) mass is 395 g/mol. The summed E-state index contributed by atoms with van der Waals surface area (Å²) >= 11 is 0. The first-order valence-corrected chi connectivity index (χ1v) is 9.56. The number of amides is 1. The van der Waals surface area contributed by atoms with Gasteiger partial charge in [-0.2, -0.15) is 4.98 Å². The predicted molar refractivity (Wildman–Crippen MR) is 110 cm³/mol. The molecule has 0 unspecified atom stereocenters. The second kappa shape index (κ2) is 9.23. The van der Waals surface area contributed by atoms with Crippen LogP contribution in [0.15, 0.2) is 47.0 Å². The van der Waals surface area contributed by atoms with Crippen molar-refractivity contribution in [1.29, 1.82) is 0 Å². The van der Waals surface area contributed by atoms with Gasteiger partial charge < -0.3 is 19.3 Å². The highest BCUT2D eigenvalue weighted by Crippen LogP contribution is 2.32. The van der Waals surface area contributed by atoms with Crippen LogP contribution in [0.2, 0.25) is 0 Å². The molecule has 3 rings (SSSR count). The van der Waals surface area contributed by atoms with Gasteiger partial charge in [0.05, 0.1) is 6.61 Å². The largest absolute Gasteiger partial charge is 0.490 e. The second-order valence-corrected chi connectivity index (χ2v) is 6.89. The van der Waals surface area contributed by atoms with Gasteiger partial charge in [-0.15, -0.1) is 0 Å². The number of hydrogen-bond donors (Lipinski definition) is 1. The Balaban J connectivity index is 1.79. The van der Waals surface area contributed by atoms with Gasteiger partial charge in [-0.3, -0.25) is 4.79 Å². The molecule has 1 aromatic heterocycles. The summed E-state index contributed by atoms with van der Waals surface area (Å²) in [5, 5.41) is 6.86. The Morgan fingerprint density at radius 2 is 1.79 bits per heavy atom. The fourth-order valence-electron chi connectivity index (χ4n) is 2.70. The van der Waals surface area contributed by atoms with E-state index in [1.54, 1.807) is 12.1 Å². The van der Waals surface area contributed by atoms with Gasteiger partial charge in [-0.05, 0) is 58.0 Å². The molecular formula is C22H25N3O4. The first-order valence-electron chi connectivity index (χ1n) is 9.56. The van der Waals surface area contributed by atoms with E-state index in [0.717, 1.165) is 16.7 Å². The Labute approximate surface area is 170 Å². The van der Waals surface area contributed by atoms with Crippen molar-refractivity contribution in [2.45, 2.75) is 33.7 Å². The van der Waals surface area contributed by atoms with Crippen LogP contribution in [0.25, 0.3) is 22.8 Å². The maximum absolute atomic E-state index is 11.8. The van der Waals surface area contributed by atoms with E-state index in [9.17, 15) is 4.79 Å². The first kappa shape index (κ1) is 20.4. The number of ether oxygens (including phenoxy) is 2. The summed E-state index contributed by atoms with van der Waals surface area (Å²) in [7, 11) is 0. The van der Waals surface area contributed by atoms with Crippen LogP contribution in [0.3, 0.4) is 0 Å². The average molecular weight is 395 g/mol. The lowest BCUT2D eigenvalue weighted by Crippen LogP contribution is -2.34. The van der Waals surface area contributed by atoms with Crippen LogP contribution in [-0.4, -0.2) is 35.3 Å². The normalized spacial score (nSPS) is 10.8. The molecule has 1 N–H and O–H groups in total. The number of aromatic nitrogens is 2. The Morgan fingerprint density at radius 3 is 2.48 bits per heavy atom. The molecule has 0 aliphatic rings. The van der Waals surface area contributed by atoms with Crippen molar-refractivity contribution in [3.63, 3.8) is 0 Å². The van der Waals surface area contributed by atoms with E-state index in [2.05, 4.69) is 15.5 Å². The molecule has 1 heterocycles. The predicted octanol–water partition coefficient (Wildman–Crippen LogP) is 4.01. The SMILES string of the molecule is CCOc1cc(-c2noc(-c3ccc(C)cc3)n2)ccc1OCC(=O)NC(C)C. The Kier molecular flexibility index (Phi) is 6.49. The van der Waals surface area contributed by atoms with Crippen molar-refractivity contribution in [1.82, 2.24) is 15.5 Å². The van der Waals surface area contributed by atoms with E-state index in [4.69, 9.17) is 14.0 Å². The minimum atomic E-state index is -0.188. The van der Waals surface area contributed by atoms with Crippen LogP contribution >= 0.6 is 0 Å². The van der Waals surface area contributed by atoms with E-state index >= 15 is 0 Å². The molecule has 7 heteroatoms. The number of aryl methyl sites for hydroxylation is 1. The molecule has 0 spiro atoms. The summed E-state index contributed by atoms with van der Waals surface area (Å²) in [6, 6.07) is 13.3. The third kappa shape index (κ3) is 5.34. The molecule has 0 radical (unpaired) electrons. The number of rotatable bonds is 8. The molecule has 0 fully saturated rings. The summed E-state index contributed by atoms with van der Waals surface area (Å²) in [6.07, 6.45) is 0. The van der Waals surface area contributed by atoms with E-state index in [0.29, 0.717) is 29.8 Å². The maximum atomic E-state index is 11.8. The number of carbonyl (C=O) groups is 1. The van der Waals surface area contributed by atoms with Crippen molar-refractivity contribution in [2.24, 2.45) is 0 Å². The summed E-state index contributed by atoms with van der Waals surface area (Å²) in [4.78, 5) is 16.3. The summed E-state index contributed by atoms with van der Waals surface area (Å²) in [5.74, 6) is 1.71. The molecule has 7 nitrogen and oxygen atoms in total. The number of hydrogen-bond acceptors (Lipinski definition) is 6. The molecule has 0 aliphatic carbocycles. The fourth-order valence-corrected chi connectivity index (χ4v) is 2.70. The van der Waals surface area contributed by atoms with Gasteiger partial charge in [-0.25, -0.2) is 0 Å². The van der Waals surface area contributed by atoms with Crippen LogP contribution in [0.5, 0.6) is 11.5 Å². The Bertz CT molecular complexity index is 964. The minimum absolute atomic E-state index is 0.0563. The van der Waals surface area contributed by atoms with Crippen molar-refractivity contribution in [3.8, 4) is 34.3 Å². The molecule has 1 amide bonds. The van der Waals surface area contributed by atoms with Crippen LogP contribution in [0, 0.1) is 6.92 Å². The number of nitrogens with one attached hydrogen (secondary N) is 1. The molecular weight excluding hydrogens is 370 g/mol. The smallest absolute Gasteiger partial charge is 0.258 e. The zero-order valence-corrected chi connectivity index (χ0v) is 17.1. The Morgan fingerprint density at radius 1 is 1.07 bits per heavy atom. The van der Waals surface area contributed by atoms with Crippen molar-refractivity contribution < 1.29 is 18.8 Å². The molecule has 0 saturated carbocycles. The van der Waals surface area contributed by atoms with Crippen molar-refractivity contribution in [3.05, 3.63) is 48.0 Å². The fraction of sp³-hybridized carbons (Fsp3) is 0.318. The van der Waals surface area contributed by atoms with Crippen LogP contribution in [0.4, 0.5) is 0 Å². The van der Waals surface area contributed by atoms with Gasteiger partial charge >= 0.3 is 0 Å². The highest BCUT2D eigenvalue weighted by Gasteiger charge is 2.15. The third-order valence-corrected chi connectivity index (χ3v) is 4.03. The average Bonchev–Trinajstić information content (AvgIpc) is 3.17. The van der Waals surface area contributed by atoms with Gasteiger partial charge in [-0.1, -0.05) is 22.9 Å². The van der Waals surface area contributed by atoms with E-state index in [1.165, 1.54) is 0 Å². The third-order valence-electron chi connectivity index (χ3n) is 4.03. The van der Waals surface area contributed by atoms with E-state index in [1.807, 2.05) is 58.0 Å².